The van der Waals surface area contributed by atoms with Crippen molar-refractivity contribution in [3.05, 3.63) is 105 Å². The van der Waals surface area contributed by atoms with Gasteiger partial charge in [-0.25, -0.2) is 37.1 Å². The SMILES string of the molecule is CCN1c2cc3c(cc2C(CS(=O)(=O)[O-])=CC1(C)C)C(c1ccccc1C(=O)N(C)CCCC(=O)NCCCCCCNc1nc2c(N)ncnc2n1[C@@H]1O[C@H](COP(=O)(O)O)[C@@H](O)[C@H]1OP(=O)(O)O)=c1cc2c(cc1O3)=[N+](CC)C(C)(C)C=C2CS(=O)(=O)O. The molecular formula is C57H74N10O19P2S2. The maximum Gasteiger partial charge on any atom is 0.470 e. The summed E-state index contributed by atoms with van der Waals surface area (Å²) in [6.45, 7) is 12.6. The van der Waals surface area contributed by atoms with E-state index < -0.39 is 89.6 Å². The number of phosphoric acid groups is 2. The van der Waals surface area contributed by atoms with Gasteiger partial charge in [0, 0.05) is 92.7 Å². The average Bonchev–Trinajstić information content (AvgIpc) is 0.906. The molecule has 33 heteroatoms. The smallest absolute Gasteiger partial charge is 0.470 e. The second-order valence-electron chi connectivity index (χ2n) is 23.5. The van der Waals surface area contributed by atoms with E-state index in [4.69, 9.17) is 19.7 Å². The van der Waals surface area contributed by atoms with Gasteiger partial charge in [-0.05, 0) is 87.9 Å². The minimum Gasteiger partial charge on any atom is -0.748 e. The van der Waals surface area contributed by atoms with Crippen LogP contribution in [0.5, 0.6) is 11.5 Å². The van der Waals surface area contributed by atoms with Gasteiger partial charge in [-0.1, -0.05) is 37.1 Å². The van der Waals surface area contributed by atoms with Crippen LogP contribution in [0.4, 0.5) is 17.5 Å². The third-order valence-electron chi connectivity index (χ3n) is 16.1. The number of imidazole rings is 1. The van der Waals surface area contributed by atoms with Crippen molar-refractivity contribution in [2.24, 2.45) is 0 Å². The van der Waals surface area contributed by atoms with Crippen LogP contribution in [0.15, 0.2) is 67.0 Å². The quantitative estimate of drug-likeness (QED) is 0.0163. The van der Waals surface area contributed by atoms with Crippen molar-refractivity contribution in [2.45, 2.75) is 116 Å². The number of aliphatic hydroxyl groups excluding tert-OH is 1. The molecule has 9 rings (SSSR count). The highest BCUT2D eigenvalue weighted by molar-refractivity contribution is 7.86. The van der Waals surface area contributed by atoms with E-state index in [2.05, 4.69) is 39.6 Å². The molecule has 5 aromatic rings. The number of nitrogens with two attached hydrogens (primary N) is 1. The number of carbonyl (C=O) groups excluding carboxylic acids is 2. The number of hydrogen-bond donors (Lipinski definition) is 9. The lowest BCUT2D eigenvalue weighted by molar-refractivity contribution is -0.121. The van der Waals surface area contributed by atoms with Crippen LogP contribution < -0.4 is 41.2 Å². The number of hydrogen-bond acceptors (Lipinski definition) is 20. The highest BCUT2D eigenvalue weighted by Gasteiger charge is 2.50. The Labute approximate surface area is 519 Å². The summed E-state index contributed by atoms with van der Waals surface area (Å²) in [4.78, 5) is 82.1. The molecule has 2 amide bonds. The predicted molar refractivity (Wildman–Crippen MR) is 331 cm³/mol. The summed E-state index contributed by atoms with van der Waals surface area (Å²) in [5.74, 6) is -1.37. The Kier molecular flexibility index (Phi) is 19.8. The van der Waals surface area contributed by atoms with E-state index in [1.165, 1.54) is 9.47 Å². The van der Waals surface area contributed by atoms with E-state index in [1.807, 2.05) is 53.7 Å². The number of carbonyl (C=O) groups is 2. The number of unbranched alkanes of at least 4 members (excludes halogenated alkanes) is 3. The first kappa shape index (κ1) is 67.8. The zero-order chi connectivity index (χ0) is 65.6. The Balaban J connectivity index is 0.886. The fraction of sp³-hybridized carbons (Fsp3) is 0.474. The first-order valence-electron chi connectivity index (χ1n) is 29.0. The standard InChI is InChI=1S/C57H74N10O19P2S2/c1-8-65-41-25-43-39(23-37(41)33(27-56(65,3)4)30-89(77,78)79)47(40-24-38-34(31-90(80,81)82)28-57(5,6)66(9-2)42(38)26-44(40)84-43)35-17-12-13-18-36(35)53(70)64(7)22-16-19-46(68)59-20-14-10-11-15-21-60-55-63-48-51(58)61-32-62-52(48)67(55)54-50(86-88(74,75)76)49(69)45(85-54)29-83-87(71,72)73/h12-13,17-18,23-28,32,45,49-50,54,58,69H,8-11,14-16,19-22,29-31H2,1-7H3,(H8,59,68,70,71,72,73,74,75,76,77,78,79,80,81,82)/t45-,49-,50-,54-/m1/s1. The molecule has 0 bridgehead atoms. The maximum atomic E-state index is 14.8. The van der Waals surface area contributed by atoms with Crippen LogP contribution in [0, 0.1) is 0 Å². The number of fused-ring (bicyclic) bond motifs is 5. The highest BCUT2D eigenvalue weighted by atomic mass is 32.2. The minimum atomic E-state index is -5.30. The van der Waals surface area contributed by atoms with Crippen LogP contribution in [0.2, 0.25) is 0 Å². The number of likely N-dealkylation sites (N-methyl/N-ethyl adjacent to an activating group) is 2. The van der Waals surface area contributed by atoms with Crippen molar-refractivity contribution < 1.29 is 87.9 Å². The van der Waals surface area contributed by atoms with Gasteiger partial charge in [0.05, 0.1) is 39.6 Å². The number of nitrogen functional groups attached to an aromatic ring is 1. The molecule has 0 saturated carbocycles. The van der Waals surface area contributed by atoms with Crippen molar-refractivity contribution in [2.75, 3.05) is 73.8 Å². The van der Waals surface area contributed by atoms with Gasteiger partial charge in [-0.2, -0.15) is 8.42 Å². The minimum absolute atomic E-state index is 0.0197. The molecule has 4 aliphatic rings. The first-order chi connectivity index (χ1) is 42.1. The third kappa shape index (κ3) is 15.2. The van der Waals surface area contributed by atoms with E-state index in [0.29, 0.717) is 113 Å². The Morgan fingerprint density at radius 2 is 1.58 bits per heavy atom. The fourth-order valence-corrected chi connectivity index (χ4v) is 14.5. The van der Waals surface area contributed by atoms with Crippen molar-refractivity contribution >= 4 is 93.0 Å². The van der Waals surface area contributed by atoms with Crippen LogP contribution >= 0.6 is 15.6 Å². The molecule has 90 heavy (non-hydrogen) atoms. The number of aromatic nitrogens is 4. The summed E-state index contributed by atoms with van der Waals surface area (Å²) in [6, 6.07) is 14.1. The summed E-state index contributed by atoms with van der Waals surface area (Å²) in [7, 11) is -18.0. The summed E-state index contributed by atoms with van der Waals surface area (Å²) in [5.41, 5.74) is 8.67. The van der Waals surface area contributed by atoms with Crippen molar-refractivity contribution in [3.8, 4) is 11.5 Å². The number of nitrogens with one attached hydrogen (secondary N) is 2. The molecule has 3 aromatic carbocycles. The van der Waals surface area contributed by atoms with Crippen LogP contribution in [0.1, 0.15) is 119 Å². The second kappa shape index (κ2) is 26.2. The summed E-state index contributed by atoms with van der Waals surface area (Å²) >= 11 is 0. The lowest BCUT2D eigenvalue weighted by Crippen LogP contribution is -2.50. The van der Waals surface area contributed by atoms with Gasteiger partial charge in [0.15, 0.2) is 28.7 Å². The van der Waals surface area contributed by atoms with E-state index in [9.17, 15) is 69.3 Å². The number of amides is 2. The molecule has 4 atom stereocenters. The van der Waals surface area contributed by atoms with E-state index >= 15 is 0 Å². The number of rotatable bonds is 26. The molecule has 0 radical (unpaired) electrons. The van der Waals surface area contributed by atoms with Gasteiger partial charge >= 0.3 is 15.6 Å². The van der Waals surface area contributed by atoms with Crippen molar-refractivity contribution in [3.63, 3.8) is 0 Å². The van der Waals surface area contributed by atoms with Gasteiger partial charge < -0.3 is 64.9 Å². The third-order valence-corrected chi connectivity index (χ3v) is 18.4. The highest BCUT2D eigenvalue weighted by Crippen LogP contribution is 2.49. The van der Waals surface area contributed by atoms with Gasteiger partial charge in [0.25, 0.3) is 16.0 Å². The number of aliphatic hydroxyl groups is 1. The molecule has 29 nitrogen and oxygen atoms in total. The first-order valence-corrected chi connectivity index (χ1v) is 35.2. The zero-order valence-electron chi connectivity index (χ0n) is 50.5. The summed E-state index contributed by atoms with van der Waals surface area (Å²) < 4.78 is 122. The van der Waals surface area contributed by atoms with Crippen LogP contribution in [-0.4, -0.2) is 174 Å². The van der Waals surface area contributed by atoms with Crippen LogP contribution in [0.3, 0.4) is 0 Å². The van der Waals surface area contributed by atoms with E-state index in [1.54, 1.807) is 55.6 Å². The van der Waals surface area contributed by atoms with E-state index in [-0.39, 0.29) is 65.4 Å². The van der Waals surface area contributed by atoms with Crippen LogP contribution in [0.25, 0.3) is 27.9 Å². The molecular weight excluding hydrogens is 1250 g/mol. The summed E-state index contributed by atoms with van der Waals surface area (Å²) in [6.07, 6.45) is 0.808. The molecule has 488 valence electrons. The Morgan fingerprint density at radius 1 is 0.878 bits per heavy atom. The van der Waals surface area contributed by atoms with E-state index in [0.717, 1.165) is 6.33 Å². The number of benzene rings is 3. The molecule has 6 heterocycles. The lowest BCUT2D eigenvalue weighted by atomic mass is 9.83. The van der Waals surface area contributed by atoms with Crippen molar-refractivity contribution in [1.82, 2.24) is 34.3 Å². The zero-order valence-corrected chi connectivity index (χ0v) is 53.9. The van der Waals surface area contributed by atoms with Gasteiger partial charge in [0.1, 0.15) is 48.4 Å². The number of ether oxygens (including phenoxy) is 2. The molecule has 1 fully saturated rings. The Hall–Kier alpha value is -6.54. The summed E-state index contributed by atoms with van der Waals surface area (Å²) in [5, 5.41) is 18.1. The molecule has 4 aliphatic heterocycles. The van der Waals surface area contributed by atoms with Gasteiger partial charge in [0.2, 0.25) is 17.2 Å². The Bertz CT molecular complexity index is 4190. The number of anilines is 3. The Morgan fingerprint density at radius 3 is 2.24 bits per heavy atom. The van der Waals surface area contributed by atoms with Crippen LogP contribution in [-0.2, 0) is 47.9 Å². The predicted octanol–water partition coefficient (Wildman–Crippen LogP) is 3.37. The normalized spacial score (nSPS) is 19.5. The topological polar surface area (TPSA) is 421 Å². The molecule has 0 unspecified atom stereocenters. The molecule has 10 N–H and O–H groups in total. The molecule has 0 spiro atoms. The monoisotopic (exact) mass is 1330 g/mol. The van der Waals surface area contributed by atoms with Gasteiger partial charge in [-0.3, -0.25) is 27.8 Å². The second-order valence-corrected chi connectivity index (χ2v) is 28.8. The molecule has 0 aliphatic carbocycles. The largest absolute Gasteiger partial charge is 0.748 e. The lowest BCUT2D eigenvalue weighted by Gasteiger charge is -2.44. The average molecular weight is 1330 g/mol. The molecule has 2 aromatic heterocycles. The van der Waals surface area contributed by atoms with Crippen molar-refractivity contribution in [1.29, 1.82) is 0 Å². The number of nitrogens with zero attached hydrogens (tertiary/aromatic N) is 7. The molecule has 1 saturated heterocycles. The number of phosphoric ester groups is 2. The fourth-order valence-electron chi connectivity index (χ4n) is 12.4. The maximum absolute atomic E-state index is 14.8. The van der Waals surface area contributed by atoms with Gasteiger partial charge in [-0.15, -0.1) is 0 Å².